The Bertz CT molecular complexity index is 1190. The highest BCUT2D eigenvalue weighted by atomic mass is 32.2. The zero-order valence-corrected chi connectivity index (χ0v) is 17.7. The molecule has 11 heteroatoms. The molecule has 0 fully saturated rings. The molecule has 30 heavy (non-hydrogen) atoms. The summed E-state index contributed by atoms with van der Waals surface area (Å²) in [5.41, 5.74) is 3.61. The van der Waals surface area contributed by atoms with Crippen molar-refractivity contribution in [2.24, 2.45) is 5.10 Å². The summed E-state index contributed by atoms with van der Waals surface area (Å²) in [6.07, 6.45) is 1.56. The highest BCUT2D eigenvalue weighted by Gasteiger charge is 2.21. The molecule has 9 nitrogen and oxygen atoms in total. The Morgan fingerprint density at radius 3 is 2.50 bits per heavy atom. The molecular weight excluding hydrogens is 428 g/mol. The standard InChI is InChI=1S/C19H18N4O5S2/c1-13-9-10-29-19(13)12-20-21-17-8-7-16(11-18(17)23(24)25)30(26,27)22-14-3-5-15(28-2)6-4-14/h3-12,21-22H,1-2H3. The topological polar surface area (TPSA) is 123 Å². The lowest BCUT2D eigenvalue weighted by Gasteiger charge is -2.10. The van der Waals surface area contributed by atoms with E-state index in [2.05, 4.69) is 15.2 Å². The molecule has 0 saturated heterocycles. The summed E-state index contributed by atoms with van der Waals surface area (Å²) in [6.45, 7) is 1.93. The van der Waals surface area contributed by atoms with E-state index in [1.807, 2.05) is 18.4 Å². The van der Waals surface area contributed by atoms with Crippen molar-refractivity contribution in [3.05, 3.63) is 74.5 Å². The molecule has 1 heterocycles. The molecule has 3 rings (SSSR count). The molecule has 1 aromatic heterocycles. The first-order valence-electron chi connectivity index (χ1n) is 8.58. The molecule has 0 aliphatic heterocycles. The van der Waals surface area contributed by atoms with Gasteiger partial charge in [-0.2, -0.15) is 5.10 Å². The van der Waals surface area contributed by atoms with Crippen molar-refractivity contribution in [2.75, 3.05) is 17.3 Å². The van der Waals surface area contributed by atoms with Gasteiger partial charge in [-0.15, -0.1) is 11.3 Å². The number of ether oxygens (including phenoxy) is 1. The third-order valence-corrected chi connectivity index (χ3v) is 6.42. The molecule has 0 unspecified atom stereocenters. The second-order valence-electron chi connectivity index (χ2n) is 6.11. The lowest BCUT2D eigenvalue weighted by atomic mass is 10.3. The molecule has 0 amide bonds. The number of hydrogen-bond acceptors (Lipinski definition) is 8. The predicted octanol–water partition coefficient (Wildman–Crippen LogP) is 4.22. The van der Waals surface area contributed by atoms with Gasteiger partial charge < -0.3 is 4.74 Å². The third kappa shape index (κ3) is 4.93. The van der Waals surface area contributed by atoms with Crippen molar-refractivity contribution < 1.29 is 18.1 Å². The number of hydrogen-bond donors (Lipinski definition) is 2. The van der Waals surface area contributed by atoms with Gasteiger partial charge in [-0.25, -0.2) is 8.42 Å². The number of methoxy groups -OCH3 is 1. The summed E-state index contributed by atoms with van der Waals surface area (Å²) in [5, 5.41) is 17.4. The van der Waals surface area contributed by atoms with Crippen LogP contribution < -0.4 is 14.9 Å². The number of benzene rings is 2. The minimum absolute atomic E-state index is 0.0776. The summed E-state index contributed by atoms with van der Waals surface area (Å²) in [6, 6.07) is 11.8. The summed E-state index contributed by atoms with van der Waals surface area (Å²) in [4.78, 5) is 11.5. The average molecular weight is 447 g/mol. The van der Waals surface area contributed by atoms with Gasteiger partial charge in [-0.1, -0.05) is 0 Å². The van der Waals surface area contributed by atoms with Gasteiger partial charge in [-0.3, -0.25) is 20.3 Å². The quantitative estimate of drug-likeness (QED) is 0.303. The normalized spacial score (nSPS) is 11.4. The largest absolute Gasteiger partial charge is 0.497 e. The van der Waals surface area contributed by atoms with Crippen LogP contribution in [0.1, 0.15) is 10.4 Å². The molecule has 2 aromatic carbocycles. The minimum atomic E-state index is -4.03. The van der Waals surface area contributed by atoms with Crippen molar-refractivity contribution in [1.82, 2.24) is 0 Å². The van der Waals surface area contributed by atoms with E-state index in [1.165, 1.54) is 42.7 Å². The molecule has 3 aromatic rings. The average Bonchev–Trinajstić information content (AvgIpc) is 3.13. The Balaban J connectivity index is 1.83. The number of rotatable bonds is 8. The zero-order chi connectivity index (χ0) is 21.7. The summed E-state index contributed by atoms with van der Waals surface area (Å²) in [7, 11) is -2.53. The van der Waals surface area contributed by atoms with Crippen molar-refractivity contribution in [1.29, 1.82) is 0 Å². The Labute approximate surface area is 177 Å². The SMILES string of the molecule is COc1ccc(NS(=O)(=O)c2ccc(NN=Cc3sccc3C)c([N+](=O)[O-])c2)cc1. The van der Waals surface area contributed by atoms with E-state index in [-0.39, 0.29) is 10.6 Å². The number of anilines is 2. The number of nitro groups is 1. The van der Waals surface area contributed by atoms with E-state index < -0.39 is 20.6 Å². The Hall–Kier alpha value is -3.44. The van der Waals surface area contributed by atoms with Crippen LogP contribution in [0, 0.1) is 17.0 Å². The number of nitrogens with zero attached hydrogens (tertiary/aromatic N) is 2. The molecule has 0 radical (unpaired) electrons. The fourth-order valence-electron chi connectivity index (χ4n) is 2.47. The smallest absolute Gasteiger partial charge is 0.295 e. The monoisotopic (exact) mass is 446 g/mol. The van der Waals surface area contributed by atoms with E-state index in [0.717, 1.165) is 16.5 Å². The number of thiophene rings is 1. The lowest BCUT2D eigenvalue weighted by Crippen LogP contribution is -2.13. The number of hydrazone groups is 1. The van der Waals surface area contributed by atoms with Gasteiger partial charge in [0.05, 0.1) is 23.1 Å². The molecule has 2 N–H and O–H groups in total. The van der Waals surface area contributed by atoms with Gasteiger partial charge in [0, 0.05) is 16.6 Å². The van der Waals surface area contributed by atoms with Gasteiger partial charge in [-0.05, 0) is 60.3 Å². The molecule has 0 aliphatic rings. The Kier molecular flexibility index (Phi) is 6.33. The van der Waals surface area contributed by atoms with E-state index in [4.69, 9.17) is 4.74 Å². The zero-order valence-electron chi connectivity index (χ0n) is 16.0. The summed E-state index contributed by atoms with van der Waals surface area (Å²) >= 11 is 1.49. The van der Waals surface area contributed by atoms with Crippen LogP contribution in [0.15, 0.2) is 63.9 Å². The predicted molar refractivity (Wildman–Crippen MR) is 117 cm³/mol. The molecule has 156 valence electrons. The Morgan fingerprint density at radius 2 is 1.90 bits per heavy atom. The highest BCUT2D eigenvalue weighted by molar-refractivity contribution is 7.92. The number of nitrogens with one attached hydrogen (secondary N) is 2. The van der Waals surface area contributed by atoms with Crippen LogP contribution in [-0.4, -0.2) is 26.7 Å². The molecule has 0 atom stereocenters. The molecular formula is C19H18N4O5S2. The lowest BCUT2D eigenvalue weighted by molar-refractivity contribution is -0.384. The van der Waals surface area contributed by atoms with Crippen molar-refractivity contribution in [2.45, 2.75) is 11.8 Å². The molecule has 0 saturated carbocycles. The highest BCUT2D eigenvalue weighted by Crippen LogP contribution is 2.29. The maximum atomic E-state index is 12.6. The first-order chi connectivity index (χ1) is 14.3. The summed E-state index contributed by atoms with van der Waals surface area (Å²) in [5.74, 6) is 0.572. The van der Waals surface area contributed by atoms with Gasteiger partial charge in [0.1, 0.15) is 11.4 Å². The number of sulfonamides is 1. The maximum Gasteiger partial charge on any atom is 0.295 e. The van der Waals surface area contributed by atoms with Crippen molar-refractivity contribution >= 4 is 44.6 Å². The van der Waals surface area contributed by atoms with Crippen LogP contribution in [0.4, 0.5) is 17.1 Å². The van der Waals surface area contributed by atoms with Gasteiger partial charge >= 0.3 is 0 Å². The first-order valence-corrected chi connectivity index (χ1v) is 10.9. The van der Waals surface area contributed by atoms with E-state index in [9.17, 15) is 18.5 Å². The minimum Gasteiger partial charge on any atom is -0.497 e. The van der Waals surface area contributed by atoms with E-state index in [0.29, 0.717) is 11.4 Å². The van der Waals surface area contributed by atoms with E-state index >= 15 is 0 Å². The van der Waals surface area contributed by atoms with Crippen LogP contribution in [0.2, 0.25) is 0 Å². The molecule has 0 aliphatic carbocycles. The van der Waals surface area contributed by atoms with Gasteiger partial charge in [0.15, 0.2) is 0 Å². The molecule has 0 spiro atoms. The first kappa shape index (κ1) is 21.3. The van der Waals surface area contributed by atoms with Crippen LogP contribution in [0.25, 0.3) is 0 Å². The van der Waals surface area contributed by atoms with Crippen molar-refractivity contribution in [3.63, 3.8) is 0 Å². The third-order valence-electron chi connectivity index (χ3n) is 4.09. The fraction of sp³-hybridized carbons (Fsp3) is 0.105. The van der Waals surface area contributed by atoms with Crippen LogP contribution in [0.5, 0.6) is 5.75 Å². The van der Waals surface area contributed by atoms with Gasteiger partial charge in [0.25, 0.3) is 15.7 Å². The van der Waals surface area contributed by atoms with Gasteiger partial charge in [0.2, 0.25) is 0 Å². The van der Waals surface area contributed by atoms with Crippen LogP contribution >= 0.6 is 11.3 Å². The number of nitro benzene ring substituents is 1. The van der Waals surface area contributed by atoms with Crippen LogP contribution in [0.3, 0.4) is 0 Å². The second-order valence-corrected chi connectivity index (χ2v) is 8.74. The number of aryl methyl sites for hydroxylation is 1. The second kappa shape index (κ2) is 8.93. The van der Waals surface area contributed by atoms with Crippen LogP contribution in [-0.2, 0) is 10.0 Å². The summed E-state index contributed by atoms with van der Waals surface area (Å²) < 4.78 is 32.7. The Morgan fingerprint density at radius 1 is 1.17 bits per heavy atom. The molecule has 0 bridgehead atoms. The maximum absolute atomic E-state index is 12.6. The van der Waals surface area contributed by atoms with Crippen molar-refractivity contribution in [3.8, 4) is 5.75 Å². The fourth-order valence-corrected chi connectivity index (χ4v) is 4.34. The van der Waals surface area contributed by atoms with E-state index in [1.54, 1.807) is 18.3 Å².